The highest BCUT2D eigenvalue weighted by Gasteiger charge is 2.36. The maximum atomic E-state index is 14.3. The number of thiazole rings is 1. The van der Waals surface area contributed by atoms with Gasteiger partial charge in [-0.3, -0.25) is 9.36 Å². The van der Waals surface area contributed by atoms with Crippen LogP contribution in [0.25, 0.3) is 6.08 Å². The lowest BCUT2D eigenvalue weighted by Gasteiger charge is -2.27. The van der Waals surface area contributed by atoms with E-state index in [0.29, 0.717) is 61.5 Å². The van der Waals surface area contributed by atoms with Crippen molar-refractivity contribution in [2.24, 2.45) is 4.99 Å². The van der Waals surface area contributed by atoms with Gasteiger partial charge in [0.2, 0.25) is 0 Å². The predicted octanol–water partition coefficient (Wildman–Crippen LogP) is 5.83. The molecule has 1 aromatic heterocycles. The Kier molecular flexibility index (Phi) is 9.87. The first-order valence-corrected chi connectivity index (χ1v) is 15.5. The van der Waals surface area contributed by atoms with E-state index < -0.39 is 12.0 Å². The van der Waals surface area contributed by atoms with Crippen LogP contribution in [0.1, 0.15) is 49.4 Å². The third-order valence-electron chi connectivity index (χ3n) is 7.14. The maximum absolute atomic E-state index is 14.3. The van der Waals surface area contributed by atoms with Crippen LogP contribution >= 0.6 is 22.9 Å². The normalized spacial score (nSPS) is 14.6. The average Bonchev–Trinajstić information content (AvgIpc) is 3.34. The number of allylic oxidation sites excluding steroid dienone is 1. The zero-order valence-corrected chi connectivity index (χ0v) is 26.5. The molecule has 8 nitrogen and oxygen atoms in total. The Hall–Kier alpha value is -4.34. The number of carbonyl (C=O) groups excluding carboxylic acids is 1. The number of rotatable bonds is 11. The number of methoxy groups -OCH3 is 2. The average molecular weight is 633 g/mol. The molecule has 10 heteroatoms. The van der Waals surface area contributed by atoms with Crippen molar-refractivity contribution in [1.82, 2.24) is 4.57 Å². The lowest BCUT2D eigenvalue weighted by atomic mass is 9.93. The number of fused-ring (bicyclic) bond motifs is 1. The summed E-state index contributed by atoms with van der Waals surface area (Å²) in [6.45, 7) is 4.28. The van der Waals surface area contributed by atoms with Gasteiger partial charge < -0.3 is 18.9 Å². The third-order valence-corrected chi connectivity index (χ3v) is 8.37. The van der Waals surface area contributed by atoms with E-state index in [4.69, 9.17) is 35.5 Å². The minimum Gasteiger partial charge on any atom is -0.497 e. The van der Waals surface area contributed by atoms with Crippen molar-refractivity contribution in [3.8, 4) is 17.2 Å². The molecule has 0 aliphatic carbocycles. The fraction of sp³-hybridized carbons (Fsp3) is 0.265. The van der Waals surface area contributed by atoms with Crippen LogP contribution in [-0.2, 0) is 16.1 Å². The van der Waals surface area contributed by atoms with Crippen molar-refractivity contribution >= 4 is 35.0 Å². The van der Waals surface area contributed by atoms with Gasteiger partial charge in [0.1, 0.15) is 29.9 Å². The summed E-state index contributed by atoms with van der Waals surface area (Å²) in [5, 5.41) is 0.655. The van der Waals surface area contributed by atoms with Gasteiger partial charge in [0.05, 0.1) is 36.6 Å². The molecule has 1 atom stereocenters. The topological polar surface area (TPSA) is 88.4 Å². The fourth-order valence-corrected chi connectivity index (χ4v) is 6.22. The maximum Gasteiger partial charge on any atom is 0.338 e. The number of para-hydroxylation sites is 1. The largest absolute Gasteiger partial charge is 0.497 e. The molecule has 5 rings (SSSR count). The summed E-state index contributed by atoms with van der Waals surface area (Å²) in [7, 11) is 3.12. The number of carbonyl (C=O) groups is 1. The molecule has 0 N–H and O–H groups in total. The number of hydrogen-bond acceptors (Lipinski definition) is 8. The Morgan fingerprint density at radius 1 is 1.02 bits per heavy atom. The monoisotopic (exact) mass is 632 g/mol. The number of benzene rings is 3. The molecule has 3 aromatic carbocycles. The lowest BCUT2D eigenvalue weighted by molar-refractivity contribution is -0.139. The quantitative estimate of drug-likeness (QED) is 0.193. The number of hydrogen-bond donors (Lipinski definition) is 0. The van der Waals surface area contributed by atoms with E-state index in [9.17, 15) is 9.59 Å². The summed E-state index contributed by atoms with van der Waals surface area (Å²) >= 11 is 7.29. The van der Waals surface area contributed by atoms with Crippen LogP contribution in [0.4, 0.5) is 0 Å². The summed E-state index contributed by atoms with van der Waals surface area (Å²) in [6.07, 6.45) is 3.08. The molecule has 0 fully saturated rings. The Morgan fingerprint density at radius 3 is 2.50 bits per heavy atom. The SMILES string of the molecule is CCCC1=C(C(=O)OCC)[C@H](c2cc(OC)ccc2OC)n2c(s/c(=C/c3ccccc3OCc3ccc(Cl)cc3)c2=O)=N1. The van der Waals surface area contributed by atoms with Crippen LogP contribution in [0.5, 0.6) is 17.2 Å². The van der Waals surface area contributed by atoms with Crippen LogP contribution in [0, 0.1) is 0 Å². The molecular weight excluding hydrogens is 600 g/mol. The van der Waals surface area contributed by atoms with E-state index in [0.717, 1.165) is 17.5 Å². The van der Waals surface area contributed by atoms with E-state index in [-0.39, 0.29) is 12.2 Å². The Labute approximate surface area is 264 Å². The van der Waals surface area contributed by atoms with Gasteiger partial charge >= 0.3 is 5.97 Å². The highest BCUT2D eigenvalue weighted by molar-refractivity contribution is 7.07. The Morgan fingerprint density at radius 2 is 1.80 bits per heavy atom. The first-order chi connectivity index (χ1) is 21.4. The molecule has 4 aromatic rings. The van der Waals surface area contributed by atoms with Gasteiger partial charge in [-0.15, -0.1) is 0 Å². The van der Waals surface area contributed by atoms with Crippen molar-refractivity contribution in [1.29, 1.82) is 0 Å². The van der Waals surface area contributed by atoms with Crippen molar-refractivity contribution in [2.75, 3.05) is 20.8 Å². The number of halogens is 1. The molecule has 0 saturated heterocycles. The molecule has 2 heterocycles. The van der Waals surface area contributed by atoms with E-state index in [1.54, 1.807) is 50.0 Å². The molecule has 0 spiro atoms. The molecular formula is C34H33ClN2O6S. The van der Waals surface area contributed by atoms with Crippen LogP contribution in [-0.4, -0.2) is 31.4 Å². The van der Waals surface area contributed by atoms with Crippen LogP contribution in [0.2, 0.25) is 5.02 Å². The van der Waals surface area contributed by atoms with E-state index in [1.807, 2.05) is 55.5 Å². The van der Waals surface area contributed by atoms with Gasteiger partial charge in [0.15, 0.2) is 4.80 Å². The minimum absolute atomic E-state index is 0.181. The molecule has 1 aliphatic heterocycles. The molecule has 44 heavy (non-hydrogen) atoms. The first kappa shape index (κ1) is 31.1. The summed E-state index contributed by atoms with van der Waals surface area (Å²) in [6, 6.07) is 19.5. The number of ether oxygens (including phenoxy) is 4. The summed E-state index contributed by atoms with van der Waals surface area (Å²) in [5.74, 6) is 1.17. The second-order valence-corrected chi connectivity index (χ2v) is 11.4. The van der Waals surface area contributed by atoms with E-state index in [2.05, 4.69) is 0 Å². The molecule has 0 radical (unpaired) electrons. The van der Waals surface area contributed by atoms with Crippen LogP contribution in [0.3, 0.4) is 0 Å². The van der Waals surface area contributed by atoms with Crippen molar-refractivity contribution in [3.05, 3.63) is 119 Å². The second-order valence-electron chi connectivity index (χ2n) is 9.97. The van der Waals surface area contributed by atoms with Crippen LogP contribution < -0.4 is 29.1 Å². The van der Waals surface area contributed by atoms with Crippen molar-refractivity contribution < 1.29 is 23.7 Å². The Bertz CT molecular complexity index is 1880. The molecule has 228 valence electrons. The van der Waals surface area contributed by atoms with Crippen LogP contribution in [0.15, 0.2) is 87.8 Å². The predicted molar refractivity (Wildman–Crippen MR) is 171 cm³/mol. The zero-order chi connectivity index (χ0) is 31.2. The zero-order valence-electron chi connectivity index (χ0n) is 25.0. The number of aromatic nitrogens is 1. The highest BCUT2D eigenvalue weighted by atomic mass is 35.5. The first-order valence-electron chi connectivity index (χ1n) is 14.3. The van der Waals surface area contributed by atoms with Gasteiger partial charge in [-0.2, -0.15) is 0 Å². The number of nitrogens with zero attached hydrogens (tertiary/aromatic N) is 2. The lowest BCUT2D eigenvalue weighted by Crippen LogP contribution is -2.40. The molecule has 1 aliphatic rings. The van der Waals surface area contributed by atoms with Gasteiger partial charge in [-0.25, -0.2) is 9.79 Å². The number of esters is 1. The summed E-state index contributed by atoms with van der Waals surface area (Å²) in [4.78, 5) is 33.1. The molecule has 0 amide bonds. The van der Waals surface area contributed by atoms with Gasteiger partial charge in [0, 0.05) is 16.1 Å². The van der Waals surface area contributed by atoms with E-state index in [1.165, 1.54) is 11.3 Å². The summed E-state index contributed by atoms with van der Waals surface area (Å²) in [5.41, 5.74) is 2.89. The molecule has 0 unspecified atom stereocenters. The summed E-state index contributed by atoms with van der Waals surface area (Å²) < 4.78 is 24.9. The smallest absolute Gasteiger partial charge is 0.338 e. The standard InChI is InChI=1S/C34H33ClN2O6S/c1-5-9-26-30(33(39)42-6-2)31(25-19-24(40-3)16-17-28(25)41-4)37-32(38)29(44-34(37)36-26)18-22-10-7-8-11-27(22)43-20-21-12-14-23(35)15-13-21/h7-8,10-19,31H,5-6,9,20H2,1-4H3/b29-18+/t31-/m0/s1. The Balaban J connectivity index is 1.68. The minimum atomic E-state index is -0.838. The van der Waals surface area contributed by atoms with E-state index >= 15 is 0 Å². The van der Waals surface area contributed by atoms with Gasteiger partial charge in [-0.1, -0.05) is 66.6 Å². The van der Waals surface area contributed by atoms with Gasteiger partial charge in [0.25, 0.3) is 5.56 Å². The van der Waals surface area contributed by atoms with Gasteiger partial charge in [-0.05, 0) is 61.4 Å². The third kappa shape index (κ3) is 6.44. The second kappa shape index (κ2) is 14.0. The molecule has 0 saturated carbocycles. The van der Waals surface area contributed by atoms with Crippen molar-refractivity contribution in [2.45, 2.75) is 39.3 Å². The highest BCUT2D eigenvalue weighted by Crippen LogP contribution is 2.38. The fourth-order valence-electron chi connectivity index (χ4n) is 5.08. The molecule has 0 bridgehead atoms. The van der Waals surface area contributed by atoms with Crippen molar-refractivity contribution in [3.63, 3.8) is 0 Å².